The normalized spacial score (nSPS) is 10.4. The van der Waals surface area contributed by atoms with Crippen molar-refractivity contribution >= 4 is 23.3 Å². The highest BCUT2D eigenvalue weighted by Gasteiger charge is 2.18. The van der Waals surface area contributed by atoms with E-state index in [-0.39, 0.29) is 16.9 Å². The Labute approximate surface area is 154 Å². The van der Waals surface area contributed by atoms with Crippen LogP contribution in [0.2, 0.25) is 0 Å². The third kappa shape index (κ3) is 3.82. The van der Waals surface area contributed by atoms with E-state index in [0.717, 1.165) is 11.1 Å². The largest absolute Gasteiger partial charge is 0.478 e. The lowest BCUT2D eigenvalue weighted by Crippen LogP contribution is -2.08. The van der Waals surface area contributed by atoms with Gasteiger partial charge in [-0.1, -0.05) is 12.1 Å². The summed E-state index contributed by atoms with van der Waals surface area (Å²) in [6, 6.07) is 16.0. The molecule has 0 bridgehead atoms. The third-order valence-electron chi connectivity index (χ3n) is 3.91. The first-order chi connectivity index (χ1) is 12.8. The average molecular weight is 364 g/mol. The Morgan fingerprint density at radius 3 is 2.00 bits per heavy atom. The fraction of sp³-hybridized carbons (Fsp3) is 0. The molecule has 0 aliphatic rings. The van der Waals surface area contributed by atoms with Crippen LogP contribution in [-0.2, 0) is 0 Å². The number of hydrogen-bond acceptors (Lipinski definition) is 5. The van der Waals surface area contributed by atoms with Crippen molar-refractivity contribution in [2.24, 2.45) is 0 Å². The Morgan fingerprint density at radius 1 is 0.741 bits per heavy atom. The minimum atomic E-state index is -1.36. The van der Waals surface area contributed by atoms with Crippen LogP contribution in [0.15, 0.2) is 60.7 Å². The third-order valence-corrected chi connectivity index (χ3v) is 3.91. The molecular weight excluding hydrogens is 348 g/mol. The molecular formula is C20H16N2O5. The smallest absolute Gasteiger partial charge is 0.336 e. The summed E-state index contributed by atoms with van der Waals surface area (Å²) in [5.74, 6) is -2.10. The highest BCUT2D eigenvalue weighted by molar-refractivity contribution is 6.02. The molecule has 0 amide bonds. The molecule has 0 aliphatic heterocycles. The topological polar surface area (TPSA) is 136 Å². The van der Waals surface area contributed by atoms with Gasteiger partial charge in [-0.25, -0.2) is 9.59 Å². The van der Waals surface area contributed by atoms with Gasteiger partial charge in [0, 0.05) is 23.0 Å². The summed E-state index contributed by atoms with van der Waals surface area (Å²) in [6.45, 7) is 0. The Kier molecular flexibility index (Phi) is 4.68. The second-order valence-corrected chi connectivity index (χ2v) is 5.80. The zero-order valence-electron chi connectivity index (χ0n) is 14.0. The van der Waals surface area contributed by atoms with Gasteiger partial charge in [0.1, 0.15) is 11.5 Å². The summed E-state index contributed by atoms with van der Waals surface area (Å²) in [6.07, 6.45) is 0. The minimum Gasteiger partial charge on any atom is -0.478 e. The van der Waals surface area contributed by atoms with Crippen molar-refractivity contribution in [3.8, 4) is 22.6 Å². The van der Waals surface area contributed by atoms with E-state index in [1.54, 1.807) is 30.3 Å². The highest BCUT2D eigenvalue weighted by atomic mass is 16.5. The standard InChI is InChI=1S/C20H16N2O5/c21-12-3-1-11(2-4-12)15-7-5-13(22)9-18(15)27-14-6-8-16(19(23)24)17(10-14)20(25)26/h1-10H,21-22H2,(H,23,24)(H,25,26). The van der Waals surface area contributed by atoms with Crippen LogP contribution in [0.25, 0.3) is 11.1 Å². The van der Waals surface area contributed by atoms with E-state index >= 15 is 0 Å². The van der Waals surface area contributed by atoms with Gasteiger partial charge < -0.3 is 26.4 Å². The monoisotopic (exact) mass is 364 g/mol. The Bertz CT molecular complexity index is 1030. The molecule has 0 saturated heterocycles. The first-order valence-corrected chi connectivity index (χ1v) is 7.89. The highest BCUT2D eigenvalue weighted by Crippen LogP contribution is 2.36. The molecule has 0 saturated carbocycles. The lowest BCUT2D eigenvalue weighted by molar-refractivity contribution is 0.0651. The first kappa shape index (κ1) is 17.8. The molecule has 0 spiro atoms. The Morgan fingerprint density at radius 2 is 1.37 bits per heavy atom. The number of carboxylic acid groups (broad SMARTS) is 2. The maximum absolute atomic E-state index is 11.4. The van der Waals surface area contributed by atoms with Gasteiger partial charge in [0.2, 0.25) is 0 Å². The van der Waals surface area contributed by atoms with E-state index in [1.165, 1.54) is 18.2 Å². The quantitative estimate of drug-likeness (QED) is 0.507. The van der Waals surface area contributed by atoms with Crippen LogP contribution in [0.4, 0.5) is 11.4 Å². The Balaban J connectivity index is 2.04. The van der Waals surface area contributed by atoms with Gasteiger partial charge in [-0.3, -0.25) is 0 Å². The first-order valence-electron chi connectivity index (χ1n) is 7.89. The number of aromatic carboxylic acids is 2. The predicted molar refractivity (Wildman–Crippen MR) is 101 cm³/mol. The number of carboxylic acids is 2. The van der Waals surface area contributed by atoms with Crippen LogP contribution < -0.4 is 16.2 Å². The summed E-state index contributed by atoms with van der Waals surface area (Å²) in [5, 5.41) is 18.4. The van der Waals surface area contributed by atoms with E-state index in [4.69, 9.17) is 21.3 Å². The molecule has 0 heterocycles. The van der Waals surface area contributed by atoms with E-state index in [0.29, 0.717) is 17.1 Å². The molecule has 136 valence electrons. The molecule has 0 aliphatic carbocycles. The lowest BCUT2D eigenvalue weighted by Gasteiger charge is -2.13. The van der Waals surface area contributed by atoms with Gasteiger partial charge >= 0.3 is 11.9 Å². The van der Waals surface area contributed by atoms with Crippen LogP contribution in [0.3, 0.4) is 0 Å². The van der Waals surface area contributed by atoms with Crippen LogP contribution >= 0.6 is 0 Å². The molecule has 0 atom stereocenters. The molecule has 7 nitrogen and oxygen atoms in total. The minimum absolute atomic E-state index is 0.180. The van der Waals surface area contributed by atoms with Crippen LogP contribution in [0, 0.1) is 0 Å². The van der Waals surface area contributed by atoms with Crippen molar-refractivity contribution in [2.75, 3.05) is 11.5 Å². The number of anilines is 2. The van der Waals surface area contributed by atoms with E-state index in [9.17, 15) is 14.7 Å². The number of nitrogen functional groups attached to an aromatic ring is 2. The van der Waals surface area contributed by atoms with Crippen molar-refractivity contribution in [3.63, 3.8) is 0 Å². The molecule has 27 heavy (non-hydrogen) atoms. The number of ether oxygens (including phenoxy) is 1. The van der Waals surface area contributed by atoms with Crippen LogP contribution in [0.5, 0.6) is 11.5 Å². The van der Waals surface area contributed by atoms with Gasteiger partial charge in [0.25, 0.3) is 0 Å². The van der Waals surface area contributed by atoms with Crippen molar-refractivity contribution < 1.29 is 24.5 Å². The number of nitrogens with two attached hydrogens (primary N) is 2. The maximum atomic E-state index is 11.4. The summed E-state index contributed by atoms with van der Waals surface area (Å²) < 4.78 is 5.83. The second kappa shape index (κ2) is 7.09. The summed E-state index contributed by atoms with van der Waals surface area (Å²) in [5.41, 5.74) is 13.5. The average Bonchev–Trinajstić information content (AvgIpc) is 2.62. The fourth-order valence-electron chi connectivity index (χ4n) is 2.60. The van der Waals surface area contributed by atoms with Gasteiger partial charge in [0.15, 0.2) is 0 Å². The fourth-order valence-corrected chi connectivity index (χ4v) is 2.60. The zero-order chi connectivity index (χ0) is 19.6. The Hall–Kier alpha value is -4.00. The molecule has 0 radical (unpaired) electrons. The molecule has 7 heteroatoms. The van der Waals surface area contributed by atoms with Crippen molar-refractivity contribution in [1.82, 2.24) is 0 Å². The number of benzene rings is 3. The van der Waals surface area contributed by atoms with Crippen molar-refractivity contribution in [3.05, 3.63) is 71.8 Å². The van der Waals surface area contributed by atoms with Gasteiger partial charge in [-0.15, -0.1) is 0 Å². The van der Waals surface area contributed by atoms with Crippen LogP contribution in [0.1, 0.15) is 20.7 Å². The zero-order valence-corrected chi connectivity index (χ0v) is 14.0. The SMILES string of the molecule is Nc1ccc(-c2ccc(N)cc2Oc2ccc(C(=O)O)c(C(=O)O)c2)cc1. The molecule has 3 aromatic carbocycles. The molecule has 6 N–H and O–H groups in total. The lowest BCUT2D eigenvalue weighted by atomic mass is 10.0. The van der Waals surface area contributed by atoms with Gasteiger partial charge in [0.05, 0.1) is 11.1 Å². The number of rotatable bonds is 5. The number of hydrogen-bond donors (Lipinski definition) is 4. The van der Waals surface area contributed by atoms with E-state index in [1.807, 2.05) is 12.1 Å². The van der Waals surface area contributed by atoms with E-state index < -0.39 is 11.9 Å². The second-order valence-electron chi connectivity index (χ2n) is 5.80. The number of carbonyl (C=O) groups is 2. The van der Waals surface area contributed by atoms with Crippen molar-refractivity contribution in [2.45, 2.75) is 0 Å². The van der Waals surface area contributed by atoms with Crippen LogP contribution in [-0.4, -0.2) is 22.2 Å². The summed E-state index contributed by atoms with van der Waals surface area (Å²) in [7, 11) is 0. The van der Waals surface area contributed by atoms with Gasteiger partial charge in [-0.2, -0.15) is 0 Å². The predicted octanol–water partition coefficient (Wildman–Crippen LogP) is 3.71. The summed E-state index contributed by atoms with van der Waals surface area (Å²) in [4.78, 5) is 22.5. The molecule has 3 aromatic rings. The van der Waals surface area contributed by atoms with Crippen molar-refractivity contribution in [1.29, 1.82) is 0 Å². The molecule has 0 aromatic heterocycles. The van der Waals surface area contributed by atoms with Gasteiger partial charge in [-0.05, 0) is 48.0 Å². The van der Waals surface area contributed by atoms with E-state index in [2.05, 4.69) is 0 Å². The molecule has 0 fully saturated rings. The maximum Gasteiger partial charge on any atom is 0.336 e. The molecule has 0 unspecified atom stereocenters. The molecule has 3 rings (SSSR count). The summed E-state index contributed by atoms with van der Waals surface area (Å²) >= 11 is 0.